The first-order valence-corrected chi connectivity index (χ1v) is 6.38. The molecule has 0 amide bonds. The molecule has 0 spiro atoms. The summed E-state index contributed by atoms with van der Waals surface area (Å²) < 4.78 is 4.66. The molecule has 0 saturated heterocycles. The highest BCUT2D eigenvalue weighted by atomic mass is 16.5. The molecule has 0 fully saturated rings. The molecule has 100 valence electrons. The van der Waals surface area contributed by atoms with E-state index in [1.807, 2.05) is 54.6 Å². The first kappa shape index (κ1) is 13.8. The van der Waals surface area contributed by atoms with Gasteiger partial charge in [-0.15, -0.1) is 0 Å². The Morgan fingerprint density at radius 2 is 1.40 bits per heavy atom. The minimum Gasteiger partial charge on any atom is -0.465 e. The summed E-state index contributed by atoms with van der Waals surface area (Å²) in [6, 6.07) is 17.4. The van der Waals surface area contributed by atoms with Crippen molar-refractivity contribution in [3.8, 4) is 0 Å². The summed E-state index contributed by atoms with van der Waals surface area (Å²) >= 11 is 0. The molecule has 2 nitrogen and oxygen atoms in total. The number of carbonyl (C=O) groups is 1. The van der Waals surface area contributed by atoms with Crippen LogP contribution in [0.1, 0.15) is 21.5 Å². The van der Waals surface area contributed by atoms with E-state index in [9.17, 15) is 4.79 Å². The maximum absolute atomic E-state index is 11.3. The van der Waals surface area contributed by atoms with Crippen LogP contribution >= 0.6 is 0 Å². The van der Waals surface area contributed by atoms with E-state index in [0.29, 0.717) is 5.56 Å². The molecule has 0 heterocycles. The summed E-state index contributed by atoms with van der Waals surface area (Å²) in [6.07, 6.45) is 7.99. The number of rotatable bonds is 4. The van der Waals surface area contributed by atoms with Crippen molar-refractivity contribution >= 4 is 18.1 Å². The van der Waals surface area contributed by atoms with Crippen LogP contribution in [0.2, 0.25) is 0 Å². The summed E-state index contributed by atoms with van der Waals surface area (Å²) in [5.74, 6) is -0.315. The second-order valence-corrected chi connectivity index (χ2v) is 4.24. The van der Waals surface area contributed by atoms with Gasteiger partial charge < -0.3 is 4.74 Å². The Kier molecular flexibility index (Phi) is 4.90. The van der Waals surface area contributed by atoms with E-state index in [0.717, 1.165) is 11.1 Å². The highest BCUT2D eigenvalue weighted by Crippen LogP contribution is 2.08. The fraction of sp³-hybridized carbons (Fsp3) is 0.0556. The second-order valence-electron chi connectivity index (χ2n) is 4.24. The summed E-state index contributed by atoms with van der Waals surface area (Å²) in [4.78, 5) is 11.3. The number of benzene rings is 2. The van der Waals surface area contributed by atoms with Crippen LogP contribution in [-0.4, -0.2) is 13.1 Å². The van der Waals surface area contributed by atoms with Gasteiger partial charge in [-0.05, 0) is 23.3 Å². The summed E-state index contributed by atoms with van der Waals surface area (Å²) in [5, 5.41) is 0. The molecule has 2 aromatic rings. The van der Waals surface area contributed by atoms with Crippen LogP contribution in [0.15, 0.2) is 66.7 Å². The van der Waals surface area contributed by atoms with Crippen LogP contribution in [0.25, 0.3) is 12.2 Å². The van der Waals surface area contributed by atoms with E-state index >= 15 is 0 Å². The lowest BCUT2D eigenvalue weighted by Crippen LogP contribution is -2.00. The van der Waals surface area contributed by atoms with Crippen molar-refractivity contribution in [2.75, 3.05) is 7.11 Å². The van der Waals surface area contributed by atoms with Gasteiger partial charge in [-0.3, -0.25) is 0 Å². The number of allylic oxidation sites excluding steroid dienone is 2. The molecule has 2 aromatic carbocycles. The zero-order valence-electron chi connectivity index (χ0n) is 11.3. The molecule has 0 aromatic heterocycles. The van der Waals surface area contributed by atoms with Gasteiger partial charge in [0, 0.05) is 0 Å². The van der Waals surface area contributed by atoms with E-state index < -0.39 is 0 Å². The Labute approximate surface area is 119 Å². The number of hydrogen-bond acceptors (Lipinski definition) is 2. The average Bonchev–Trinajstić information content (AvgIpc) is 2.52. The fourth-order valence-corrected chi connectivity index (χ4v) is 1.75. The molecule has 2 heteroatoms. The Morgan fingerprint density at radius 3 is 1.95 bits per heavy atom. The predicted molar refractivity (Wildman–Crippen MR) is 82.3 cm³/mol. The minimum atomic E-state index is -0.315. The molecule has 0 aliphatic rings. The number of methoxy groups -OCH3 is 1. The standard InChI is InChI=1S/C18H16O2/c1-20-18(19)17-13-11-16(12-14-17)10-6-5-9-15-7-3-2-4-8-15/h2-14H,1H3/b9-5+,10-6+. The SMILES string of the molecule is COC(=O)c1ccc(/C=C/C=C/c2ccccc2)cc1. The van der Waals surface area contributed by atoms with E-state index in [4.69, 9.17) is 0 Å². The lowest BCUT2D eigenvalue weighted by molar-refractivity contribution is 0.0601. The smallest absolute Gasteiger partial charge is 0.337 e. The normalized spacial score (nSPS) is 11.1. The Bertz CT molecular complexity index is 608. The van der Waals surface area contributed by atoms with E-state index in [2.05, 4.69) is 16.9 Å². The molecule has 20 heavy (non-hydrogen) atoms. The topological polar surface area (TPSA) is 26.3 Å². The average molecular weight is 264 g/mol. The van der Waals surface area contributed by atoms with Gasteiger partial charge in [-0.25, -0.2) is 4.79 Å². The molecule has 0 bridgehead atoms. The maximum Gasteiger partial charge on any atom is 0.337 e. The lowest BCUT2D eigenvalue weighted by Gasteiger charge is -1.98. The van der Waals surface area contributed by atoms with Crippen molar-refractivity contribution in [2.24, 2.45) is 0 Å². The maximum atomic E-state index is 11.3. The molecule has 0 aliphatic carbocycles. The highest BCUT2D eigenvalue weighted by Gasteiger charge is 2.02. The third kappa shape index (κ3) is 3.95. The molecule has 0 aliphatic heterocycles. The van der Waals surface area contributed by atoms with Gasteiger partial charge in [-0.2, -0.15) is 0 Å². The first-order valence-electron chi connectivity index (χ1n) is 6.38. The third-order valence-corrected chi connectivity index (χ3v) is 2.82. The Morgan fingerprint density at radius 1 is 0.850 bits per heavy atom. The van der Waals surface area contributed by atoms with Gasteiger partial charge in [0.05, 0.1) is 12.7 Å². The van der Waals surface area contributed by atoms with Crippen molar-refractivity contribution in [1.82, 2.24) is 0 Å². The fourth-order valence-electron chi connectivity index (χ4n) is 1.75. The number of esters is 1. The zero-order valence-corrected chi connectivity index (χ0v) is 11.3. The van der Waals surface area contributed by atoms with Gasteiger partial charge >= 0.3 is 5.97 Å². The van der Waals surface area contributed by atoms with Crippen LogP contribution in [0, 0.1) is 0 Å². The quantitative estimate of drug-likeness (QED) is 0.611. The summed E-state index contributed by atoms with van der Waals surface area (Å²) in [6.45, 7) is 0. The first-order chi connectivity index (χ1) is 9.79. The zero-order chi connectivity index (χ0) is 14.2. The van der Waals surface area contributed by atoms with Crippen molar-refractivity contribution in [3.05, 3.63) is 83.4 Å². The van der Waals surface area contributed by atoms with Crippen LogP contribution in [0.3, 0.4) is 0 Å². The number of ether oxygens (including phenoxy) is 1. The van der Waals surface area contributed by atoms with Gasteiger partial charge in [0.25, 0.3) is 0 Å². The summed E-state index contributed by atoms with van der Waals surface area (Å²) in [7, 11) is 1.38. The molecule has 0 atom stereocenters. The predicted octanol–water partition coefficient (Wildman–Crippen LogP) is 4.20. The molecular formula is C18H16O2. The van der Waals surface area contributed by atoms with Crippen molar-refractivity contribution in [1.29, 1.82) is 0 Å². The Hall–Kier alpha value is -2.61. The molecule has 0 saturated carbocycles. The van der Waals surface area contributed by atoms with E-state index in [-0.39, 0.29) is 5.97 Å². The molecule has 0 unspecified atom stereocenters. The molecule has 2 rings (SSSR count). The molecule has 0 radical (unpaired) electrons. The monoisotopic (exact) mass is 264 g/mol. The van der Waals surface area contributed by atoms with E-state index in [1.165, 1.54) is 7.11 Å². The van der Waals surface area contributed by atoms with Gasteiger partial charge in [0.15, 0.2) is 0 Å². The van der Waals surface area contributed by atoms with E-state index in [1.54, 1.807) is 12.1 Å². The lowest BCUT2D eigenvalue weighted by atomic mass is 10.1. The van der Waals surface area contributed by atoms with Gasteiger partial charge in [0.2, 0.25) is 0 Å². The molecular weight excluding hydrogens is 248 g/mol. The van der Waals surface area contributed by atoms with Crippen LogP contribution in [0.5, 0.6) is 0 Å². The highest BCUT2D eigenvalue weighted by molar-refractivity contribution is 5.89. The number of hydrogen-bond donors (Lipinski definition) is 0. The van der Waals surface area contributed by atoms with Crippen LogP contribution in [0.4, 0.5) is 0 Å². The third-order valence-electron chi connectivity index (χ3n) is 2.82. The second kappa shape index (κ2) is 7.10. The van der Waals surface area contributed by atoms with Crippen LogP contribution in [-0.2, 0) is 4.74 Å². The Balaban J connectivity index is 1.98. The number of carbonyl (C=O) groups excluding carboxylic acids is 1. The van der Waals surface area contributed by atoms with Gasteiger partial charge in [0.1, 0.15) is 0 Å². The van der Waals surface area contributed by atoms with Crippen molar-refractivity contribution in [2.45, 2.75) is 0 Å². The summed E-state index contributed by atoms with van der Waals surface area (Å²) in [5.41, 5.74) is 2.76. The van der Waals surface area contributed by atoms with Gasteiger partial charge in [-0.1, -0.05) is 66.8 Å². The van der Waals surface area contributed by atoms with Crippen molar-refractivity contribution < 1.29 is 9.53 Å². The minimum absolute atomic E-state index is 0.315. The largest absolute Gasteiger partial charge is 0.465 e. The van der Waals surface area contributed by atoms with Crippen LogP contribution < -0.4 is 0 Å². The molecule has 0 N–H and O–H groups in total. The van der Waals surface area contributed by atoms with Crippen molar-refractivity contribution in [3.63, 3.8) is 0 Å².